The van der Waals surface area contributed by atoms with E-state index in [1.54, 1.807) is 22.8 Å². The molecule has 0 saturated heterocycles. The van der Waals surface area contributed by atoms with Crippen LogP contribution in [0.4, 0.5) is 0 Å². The molecule has 1 heterocycles. The highest BCUT2D eigenvalue weighted by Crippen LogP contribution is 2.72. The molecule has 14 atom stereocenters. The SMILES string of the molecule is CC(C)(CCn1ccnc1)C1=C2CCCCC2C2=C3C(CCC2)CC(C2CC(CCCO)C4(O)C5=CC(=O)C6CC(O)C(O)CC6(C)C5CCC24C)C(O)C31. The molecule has 8 aliphatic rings. The van der Waals surface area contributed by atoms with Crippen LogP contribution in [0, 0.1) is 63.6 Å². The minimum atomic E-state index is -1.25. The normalized spacial score (nSPS) is 45.4. The van der Waals surface area contributed by atoms with Gasteiger partial charge in [0.15, 0.2) is 5.78 Å². The van der Waals surface area contributed by atoms with Gasteiger partial charge in [0.05, 0.1) is 30.2 Å². The Labute approximate surface area is 328 Å². The fraction of sp³-hybridized carbons (Fsp3) is 0.787. The summed E-state index contributed by atoms with van der Waals surface area (Å²) in [5.41, 5.74) is 4.81. The van der Waals surface area contributed by atoms with Crippen LogP contribution in [0.1, 0.15) is 130 Å². The summed E-state index contributed by atoms with van der Waals surface area (Å²) in [4.78, 5) is 18.4. The Hall–Kier alpha value is -2.10. The average Bonchev–Trinajstić information content (AvgIpc) is 3.77. The van der Waals surface area contributed by atoms with E-state index in [1.807, 2.05) is 12.5 Å². The van der Waals surface area contributed by atoms with Crippen LogP contribution >= 0.6 is 0 Å². The quantitative estimate of drug-likeness (QED) is 0.179. The number of carbonyl (C=O) groups is 1. The van der Waals surface area contributed by atoms with Crippen molar-refractivity contribution in [3.8, 4) is 0 Å². The van der Waals surface area contributed by atoms with Gasteiger partial charge in [0.1, 0.15) is 0 Å². The molecule has 1 aromatic rings. The molecule has 0 radical (unpaired) electrons. The van der Waals surface area contributed by atoms with Crippen LogP contribution in [0.5, 0.6) is 0 Å². The number of ketones is 1. The van der Waals surface area contributed by atoms with E-state index in [-0.39, 0.29) is 59.7 Å². The van der Waals surface area contributed by atoms with Crippen molar-refractivity contribution in [3.05, 3.63) is 52.7 Å². The molecule has 0 aliphatic heterocycles. The number of imidazole rings is 1. The highest BCUT2D eigenvalue weighted by Gasteiger charge is 2.71. The molecule has 1 aromatic heterocycles. The second kappa shape index (κ2) is 13.7. The Balaban J connectivity index is 1.12. The number of nitrogens with zero attached hydrogens (tertiary/aromatic N) is 2. The van der Waals surface area contributed by atoms with Crippen molar-refractivity contribution in [2.24, 2.45) is 63.6 Å². The predicted octanol–water partition coefficient (Wildman–Crippen LogP) is 7.10. The number of hydrogen-bond acceptors (Lipinski definition) is 7. The maximum Gasteiger partial charge on any atom is 0.159 e. The first-order chi connectivity index (χ1) is 26.2. The number of carbonyl (C=O) groups excluding carboxylic acids is 1. The molecular formula is C47H68N2O6. The Bertz CT molecular complexity index is 1760. The molecule has 55 heavy (non-hydrogen) atoms. The summed E-state index contributed by atoms with van der Waals surface area (Å²) < 4.78 is 2.19. The number of rotatable bonds is 8. The van der Waals surface area contributed by atoms with Gasteiger partial charge in [-0.05, 0) is 148 Å². The fourth-order valence-corrected chi connectivity index (χ4v) is 15.5. The molecule has 0 spiro atoms. The highest BCUT2D eigenvalue weighted by molar-refractivity contribution is 5.95. The molecule has 9 rings (SSSR count). The van der Waals surface area contributed by atoms with E-state index in [1.165, 1.54) is 37.7 Å². The van der Waals surface area contributed by atoms with Crippen LogP contribution in [-0.4, -0.2) is 71.4 Å². The van der Waals surface area contributed by atoms with Crippen LogP contribution in [-0.2, 0) is 11.3 Å². The zero-order valence-corrected chi connectivity index (χ0v) is 33.9. The maximum absolute atomic E-state index is 14.1. The Morgan fingerprint density at radius 2 is 1.76 bits per heavy atom. The number of aliphatic hydroxyl groups is 5. The average molecular weight is 757 g/mol. The number of hydrogen-bond donors (Lipinski definition) is 5. The molecule has 5 fully saturated rings. The molecule has 0 aromatic carbocycles. The largest absolute Gasteiger partial charge is 0.396 e. The summed E-state index contributed by atoms with van der Waals surface area (Å²) in [7, 11) is 0. The van der Waals surface area contributed by atoms with Gasteiger partial charge in [-0.15, -0.1) is 0 Å². The van der Waals surface area contributed by atoms with E-state index in [2.05, 4.69) is 43.4 Å². The predicted molar refractivity (Wildman–Crippen MR) is 211 cm³/mol. The lowest BCUT2D eigenvalue weighted by Gasteiger charge is -2.62. The van der Waals surface area contributed by atoms with Crippen molar-refractivity contribution in [2.75, 3.05) is 6.61 Å². The van der Waals surface area contributed by atoms with Crippen molar-refractivity contribution >= 4 is 5.78 Å². The molecule has 302 valence electrons. The molecule has 8 nitrogen and oxygen atoms in total. The smallest absolute Gasteiger partial charge is 0.159 e. The molecular weight excluding hydrogens is 689 g/mol. The lowest BCUT2D eigenvalue weighted by atomic mass is 9.44. The topological polar surface area (TPSA) is 136 Å². The molecule has 5 saturated carbocycles. The van der Waals surface area contributed by atoms with Gasteiger partial charge in [0.25, 0.3) is 0 Å². The third-order valence-electron chi connectivity index (χ3n) is 18.1. The van der Waals surface area contributed by atoms with E-state index in [0.717, 1.165) is 57.1 Å². The zero-order valence-electron chi connectivity index (χ0n) is 33.9. The van der Waals surface area contributed by atoms with Crippen molar-refractivity contribution in [1.82, 2.24) is 9.55 Å². The van der Waals surface area contributed by atoms with Crippen LogP contribution in [0.15, 0.2) is 52.7 Å². The lowest BCUT2D eigenvalue weighted by Crippen LogP contribution is -2.63. The standard InChI is InChI=1S/C47H68N2O6/c1-44(2,16-18-49-19-17-48-26-49)42-31-12-6-5-11-29(31)30-13-7-9-27-21-32(43(54)41(42)40(27)30)34-22-28(10-8-20-50)47(55)35-23-37(51)36-24-38(52)39(53)25-45(36,3)33(35)14-15-46(34,47)4/h17,19,23,26-29,32-34,36,38-39,41,43,50,52-55H,5-16,18,20-22,24-25H2,1-4H3. The van der Waals surface area contributed by atoms with Crippen molar-refractivity contribution in [3.63, 3.8) is 0 Å². The Kier molecular flexibility index (Phi) is 9.60. The maximum atomic E-state index is 14.1. The Morgan fingerprint density at radius 1 is 0.964 bits per heavy atom. The number of aromatic nitrogens is 2. The fourth-order valence-electron chi connectivity index (χ4n) is 15.5. The summed E-state index contributed by atoms with van der Waals surface area (Å²) in [6.45, 7) is 10.2. The number of aryl methyl sites for hydroxylation is 1. The van der Waals surface area contributed by atoms with E-state index in [4.69, 9.17) is 0 Å². The molecule has 8 heteroatoms. The van der Waals surface area contributed by atoms with Crippen LogP contribution in [0.3, 0.4) is 0 Å². The van der Waals surface area contributed by atoms with Crippen molar-refractivity contribution in [1.29, 1.82) is 0 Å². The lowest BCUT2D eigenvalue weighted by molar-refractivity contribution is -0.161. The number of allylic oxidation sites excluding steroid dienone is 3. The number of fused-ring (bicyclic) bond motifs is 7. The van der Waals surface area contributed by atoms with Gasteiger partial charge < -0.3 is 30.1 Å². The van der Waals surface area contributed by atoms with Crippen LogP contribution in [0.25, 0.3) is 0 Å². The third kappa shape index (κ3) is 5.60. The third-order valence-corrected chi connectivity index (χ3v) is 18.1. The Morgan fingerprint density at radius 3 is 2.53 bits per heavy atom. The first-order valence-corrected chi connectivity index (χ1v) is 22.3. The van der Waals surface area contributed by atoms with Gasteiger partial charge in [-0.25, -0.2) is 4.98 Å². The molecule has 14 unspecified atom stereocenters. The monoisotopic (exact) mass is 757 g/mol. The second-order valence-electron chi connectivity index (χ2n) is 20.9. The highest BCUT2D eigenvalue weighted by atomic mass is 16.3. The van der Waals surface area contributed by atoms with Crippen LogP contribution < -0.4 is 0 Å². The summed E-state index contributed by atoms with van der Waals surface area (Å²) >= 11 is 0. The first kappa shape index (κ1) is 38.4. The van der Waals surface area contributed by atoms with Crippen LogP contribution in [0.2, 0.25) is 0 Å². The van der Waals surface area contributed by atoms with Crippen molar-refractivity contribution < 1.29 is 30.3 Å². The van der Waals surface area contributed by atoms with Gasteiger partial charge >= 0.3 is 0 Å². The molecule has 0 amide bonds. The van der Waals surface area contributed by atoms with Gasteiger partial charge in [0.2, 0.25) is 0 Å². The zero-order chi connectivity index (χ0) is 38.7. The first-order valence-electron chi connectivity index (χ1n) is 22.3. The van der Waals surface area contributed by atoms with E-state index < -0.39 is 34.7 Å². The molecule has 0 bridgehead atoms. The molecule has 8 aliphatic carbocycles. The van der Waals surface area contributed by atoms with E-state index >= 15 is 0 Å². The van der Waals surface area contributed by atoms with E-state index in [0.29, 0.717) is 31.1 Å². The minimum Gasteiger partial charge on any atom is -0.396 e. The molecule has 5 N–H and O–H groups in total. The van der Waals surface area contributed by atoms with E-state index in [9.17, 15) is 30.3 Å². The van der Waals surface area contributed by atoms with Gasteiger partial charge in [0, 0.05) is 48.7 Å². The second-order valence-corrected chi connectivity index (χ2v) is 20.9. The van der Waals surface area contributed by atoms with Gasteiger partial charge in [-0.1, -0.05) is 56.4 Å². The van der Waals surface area contributed by atoms with Gasteiger partial charge in [-0.2, -0.15) is 0 Å². The summed E-state index contributed by atoms with van der Waals surface area (Å²) in [6.07, 6.45) is 19.9. The summed E-state index contributed by atoms with van der Waals surface area (Å²) in [6, 6.07) is 0. The summed E-state index contributed by atoms with van der Waals surface area (Å²) in [5, 5.41) is 58.7. The minimum absolute atomic E-state index is 0.0102. The van der Waals surface area contributed by atoms with Crippen molar-refractivity contribution in [2.45, 2.75) is 161 Å². The van der Waals surface area contributed by atoms with Gasteiger partial charge in [-0.3, -0.25) is 4.79 Å². The summed E-state index contributed by atoms with van der Waals surface area (Å²) in [5.74, 6) is 0.464. The number of aliphatic hydroxyl groups excluding tert-OH is 4.